The van der Waals surface area contributed by atoms with Crippen molar-refractivity contribution >= 4 is 11.9 Å². The van der Waals surface area contributed by atoms with Gasteiger partial charge in [0.15, 0.2) is 0 Å². The molecule has 2 heterocycles. The minimum atomic E-state index is -0.916. The van der Waals surface area contributed by atoms with Crippen LogP contribution >= 0.6 is 0 Å². The largest absolute Gasteiger partial charge is 0.481 e. The number of hydrogen-bond donors (Lipinski definition) is 2. The molecular formula is C14H24N2O5. The number of carbonyl (C=O) groups excluding carboxylic acids is 1. The maximum absolute atomic E-state index is 12.6. The molecule has 7 nitrogen and oxygen atoms in total. The molecule has 7 heteroatoms. The third-order valence-corrected chi connectivity index (χ3v) is 4.27. The van der Waals surface area contributed by atoms with Crippen LogP contribution in [0, 0.1) is 11.8 Å². The molecule has 0 aliphatic carbocycles. The third kappa shape index (κ3) is 3.53. The molecule has 120 valence electrons. The van der Waals surface area contributed by atoms with Crippen LogP contribution in [0.5, 0.6) is 0 Å². The van der Waals surface area contributed by atoms with Gasteiger partial charge in [-0.15, -0.1) is 0 Å². The van der Waals surface area contributed by atoms with Gasteiger partial charge in [0, 0.05) is 13.1 Å². The Labute approximate surface area is 124 Å². The molecule has 0 spiro atoms. The molecule has 2 saturated heterocycles. The summed E-state index contributed by atoms with van der Waals surface area (Å²) in [5.41, 5.74) is 0. The lowest BCUT2D eigenvalue weighted by Gasteiger charge is -2.30. The summed E-state index contributed by atoms with van der Waals surface area (Å²) in [6.45, 7) is 4.25. The van der Waals surface area contributed by atoms with Crippen molar-refractivity contribution in [1.82, 2.24) is 10.2 Å². The summed E-state index contributed by atoms with van der Waals surface area (Å²) in [5, 5.41) is 12.5. The topological polar surface area (TPSA) is 88.1 Å². The Balaban J connectivity index is 1.99. The predicted molar refractivity (Wildman–Crippen MR) is 74.9 cm³/mol. The van der Waals surface area contributed by atoms with Gasteiger partial charge < -0.3 is 24.8 Å². The monoisotopic (exact) mass is 300 g/mol. The molecule has 0 aromatic heterocycles. The zero-order valence-electron chi connectivity index (χ0n) is 12.6. The highest BCUT2D eigenvalue weighted by atomic mass is 16.5. The quantitative estimate of drug-likeness (QED) is 0.691. The second-order valence-corrected chi connectivity index (χ2v) is 5.70. The van der Waals surface area contributed by atoms with Gasteiger partial charge in [-0.25, -0.2) is 0 Å². The van der Waals surface area contributed by atoms with E-state index in [1.807, 2.05) is 0 Å². The van der Waals surface area contributed by atoms with Crippen LogP contribution in [0.25, 0.3) is 0 Å². The van der Waals surface area contributed by atoms with E-state index in [2.05, 4.69) is 12.2 Å². The number of carboxylic acid groups (broad SMARTS) is 1. The molecule has 21 heavy (non-hydrogen) atoms. The molecule has 2 rings (SSSR count). The van der Waals surface area contributed by atoms with Crippen LogP contribution in [-0.2, 0) is 19.1 Å². The first kappa shape index (κ1) is 16.2. The number of likely N-dealkylation sites (N-methyl/N-ethyl adjacent to an activating group) is 1. The zero-order chi connectivity index (χ0) is 15.4. The van der Waals surface area contributed by atoms with Crippen molar-refractivity contribution in [3.8, 4) is 0 Å². The standard InChI is InChI=1S/C14H24N2O5/c1-3-4-15-11-7-20-5-9(11)13(17)16(2)12-8-21-6-10(12)14(18)19/h9-12,15H,3-8H2,1-2H3,(H,18,19). The third-order valence-electron chi connectivity index (χ3n) is 4.27. The summed E-state index contributed by atoms with van der Waals surface area (Å²) in [4.78, 5) is 25.4. The maximum Gasteiger partial charge on any atom is 0.311 e. The average Bonchev–Trinajstić information content (AvgIpc) is 3.11. The van der Waals surface area contributed by atoms with E-state index in [4.69, 9.17) is 9.47 Å². The Morgan fingerprint density at radius 1 is 1.19 bits per heavy atom. The number of ether oxygens (including phenoxy) is 2. The molecule has 4 unspecified atom stereocenters. The number of aliphatic carboxylic acids is 1. The van der Waals surface area contributed by atoms with Gasteiger partial charge in [0.1, 0.15) is 5.92 Å². The zero-order valence-corrected chi connectivity index (χ0v) is 12.6. The highest BCUT2D eigenvalue weighted by molar-refractivity contribution is 5.81. The Kier molecular flexibility index (Phi) is 5.55. The van der Waals surface area contributed by atoms with Crippen LogP contribution in [0.4, 0.5) is 0 Å². The van der Waals surface area contributed by atoms with Crippen molar-refractivity contribution in [1.29, 1.82) is 0 Å². The van der Waals surface area contributed by atoms with Crippen LogP contribution in [0.1, 0.15) is 13.3 Å². The van der Waals surface area contributed by atoms with E-state index in [0.29, 0.717) is 13.2 Å². The van der Waals surface area contributed by atoms with Crippen LogP contribution in [0.2, 0.25) is 0 Å². The molecule has 2 fully saturated rings. The molecule has 4 atom stereocenters. The van der Waals surface area contributed by atoms with Crippen molar-refractivity contribution in [2.75, 3.05) is 40.0 Å². The Morgan fingerprint density at radius 2 is 1.86 bits per heavy atom. The second kappa shape index (κ2) is 7.20. The van der Waals surface area contributed by atoms with E-state index in [9.17, 15) is 14.7 Å². The van der Waals surface area contributed by atoms with Gasteiger partial charge in [-0.05, 0) is 13.0 Å². The number of nitrogens with one attached hydrogen (secondary N) is 1. The predicted octanol–water partition coefficient (Wildman–Crippen LogP) is -0.441. The van der Waals surface area contributed by atoms with Gasteiger partial charge in [0.2, 0.25) is 5.91 Å². The average molecular weight is 300 g/mol. The highest BCUT2D eigenvalue weighted by Crippen LogP contribution is 2.23. The van der Waals surface area contributed by atoms with Crippen molar-refractivity contribution < 1.29 is 24.2 Å². The van der Waals surface area contributed by atoms with Crippen molar-refractivity contribution in [3.05, 3.63) is 0 Å². The van der Waals surface area contributed by atoms with Crippen LogP contribution in [0.15, 0.2) is 0 Å². The first-order valence-corrected chi connectivity index (χ1v) is 7.44. The highest BCUT2D eigenvalue weighted by Gasteiger charge is 2.42. The lowest BCUT2D eigenvalue weighted by Crippen LogP contribution is -2.50. The van der Waals surface area contributed by atoms with E-state index < -0.39 is 17.9 Å². The Bertz CT molecular complexity index is 390. The molecule has 0 aromatic rings. The second-order valence-electron chi connectivity index (χ2n) is 5.70. The number of rotatable bonds is 6. The Hall–Kier alpha value is -1.18. The minimum Gasteiger partial charge on any atom is -0.481 e. The molecule has 2 aliphatic heterocycles. The fraction of sp³-hybridized carbons (Fsp3) is 0.857. The van der Waals surface area contributed by atoms with Gasteiger partial charge in [0.05, 0.1) is 38.4 Å². The minimum absolute atomic E-state index is 0.00509. The Morgan fingerprint density at radius 3 is 2.52 bits per heavy atom. The van der Waals surface area contributed by atoms with Gasteiger partial charge in [-0.2, -0.15) is 0 Å². The van der Waals surface area contributed by atoms with E-state index in [1.165, 1.54) is 4.90 Å². The lowest BCUT2D eigenvalue weighted by atomic mass is 9.98. The van der Waals surface area contributed by atoms with Gasteiger partial charge in [-0.3, -0.25) is 9.59 Å². The van der Waals surface area contributed by atoms with E-state index in [1.54, 1.807) is 7.05 Å². The molecule has 1 amide bonds. The van der Waals surface area contributed by atoms with Crippen molar-refractivity contribution in [3.63, 3.8) is 0 Å². The number of nitrogens with zero attached hydrogens (tertiary/aromatic N) is 1. The summed E-state index contributed by atoms with van der Waals surface area (Å²) in [7, 11) is 1.66. The smallest absolute Gasteiger partial charge is 0.311 e. The van der Waals surface area contributed by atoms with Crippen LogP contribution < -0.4 is 5.32 Å². The van der Waals surface area contributed by atoms with E-state index >= 15 is 0 Å². The lowest BCUT2D eigenvalue weighted by molar-refractivity contribution is -0.145. The number of hydrogen-bond acceptors (Lipinski definition) is 5. The molecule has 2 aliphatic rings. The molecule has 0 saturated carbocycles. The molecular weight excluding hydrogens is 276 g/mol. The summed E-state index contributed by atoms with van der Waals surface area (Å²) >= 11 is 0. The summed E-state index contributed by atoms with van der Waals surface area (Å²) in [5.74, 6) is -1.89. The first-order valence-electron chi connectivity index (χ1n) is 7.44. The maximum atomic E-state index is 12.6. The fourth-order valence-electron chi connectivity index (χ4n) is 2.91. The summed E-state index contributed by atoms with van der Waals surface area (Å²) < 4.78 is 10.7. The summed E-state index contributed by atoms with van der Waals surface area (Å²) in [6, 6.07) is -0.395. The van der Waals surface area contributed by atoms with Crippen molar-refractivity contribution in [2.24, 2.45) is 11.8 Å². The number of amides is 1. The number of carbonyl (C=O) groups is 2. The SMILES string of the molecule is CCCNC1COCC1C(=O)N(C)C1COCC1C(=O)O. The normalized spacial score (nSPS) is 32.3. The van der Waals surface area contributed by atoms with Crippen LogP contribution in [0.3, 0.4) is 0 Å². The fourth-order valence-corrected chi connectivity index (χ4v) is 2.91. The summed E-state index contributed by atoms with van der Waals surface area (Å²) in [6.07, 6.45) is 0.991. The first-order chi connectivity index (χ1) is 10.1. The van der Waals surface area contributed by atoms with Gasteiger partial charge in [-0.1, -0.05) is 6.92 Å². The molecule has 0 radical (unpaired) electrons. The molecule has 0 aromatic carbocycles. The van der Waals surface area contributed by atoms with Gasteiger partial charge >= 0.3 is 5.97 Å². The van der Waals surface area contributed by atoms with Gasteiger partial charge in [0.25, 0.3) is 0 Å². The van der Waals surface area contributed by atoms with E-state index in [-0.39, 0.29) is 31.1 Å². The van der Waals surface area contributed by atoms with E-state index in [0.717, 1.165) is 13.0 Å². The number of carboxylic acids is 1. The van der Waals surface area contributed by atoms with Crippen LogP contribution in [-0.4, -0.2) is 74.0 Å². The van der Waals surface area contributed by atoms with Crippen molar-refractivity contribution in [2.45, 2.75) is 25.4 Å². The molecule has 0 bridgehead atoms. The molecule has 2 N–H and O–H groups in total.